The number of benzene rings is 1. The smallest absolute Gasteiger partial charge is 0.305 e. The molecule has 2 rings (SSSR count). The largest absolute Gasteiger partial charge is 0.481 e. The zero-order valence-electron chi connectivity index (χ0n) is 13.2. The van der Waals surface area contributed by atoms with Crippen LogP contribution in [0, 0.1) is 0 Å². The number of carboxylic acids is 1. The molecule has 0 saturated carbocycles. The molecule has 0 aliphatic heterocycles. The van der Waals surface area contributed by atoms with Crippen molar-refractivity contribution in [1.29, 1.82) is 0 Å². The van der Waals surface area contributed by atoms with Gasteiger partial charge in [-0.25, -0.2) is 13.1 Å². The lowest BCUT2D eigenvalue weighted by molar-refractivity contribution is -0.138. The van der Waals surface area contributed by atoms with Gasteiger partial charge in [0.2, 0.25) is 10.0 Å². The number of sulfonamides is 1. The Hall–Kier alpha value is -1.90. The van der Waals surface area contributed by atoms with Gasteiger partial charge in [0.25, 0.3) is 0 Å². The summed E-state index contributed by atoms with van der Waals surface area (Å²) >= 11 is 0. The predicted octanol–water partition coefficient (Wildman–Crippen LogP) is 1.33. The number of aliphatic carboxylic acids is 1. The highest BCUT2D eigenvalue weighted by atomic mass is 32.2. The molecular formula is C15H20N2O5S. The Morgan fingerprint density at radius 2 is 2.09 bits per heavy atom. The number of nitrogens with one attached hydrogen (secondary N) is 1. The number of hydrogen-bond donors (Lipinski definition) is 2. The van der Waals surface area contributed by atoms with E-state index in [1.807, 2.05) is 23.9 Å². The van der Waals surface area contributed by atoms with Crippen molar-refractivity contribution in [2.75, 3.05) is 7.11 Å². The Balaban J connectivity index is 2.32. The number of rotatable bonds is 7. The third-order valence-corrected chi connectivity index (χ3v) is 5.29. The number of carbonyl (C=O) groups is 1. The van der Waals surface area contributed by atoms with E-state index in [9.17, 15) is 13.2 Å². The van der Waals surface area contributed by atoms with E-state index in [0.717, 1.165) is 10.9 Å². The second-order valence-electron chi connectivity index (χ2n) is 5.41. The van der Waals surface area contributed by atoms with Gasteiger partial charge in [0.1, 0.15) is 0 Å². The minimum Gasteiger partial charge on any atom is -0.481 e. The van der Waals surface area contributed by atoms with E-state index in [1.54, 1.807) is 19.1 Å². The van der Waals surface area contributed by atoms with Gasteiger partial charge >= 0.3 is 5.97 Å². The zero-order valence-corrected chi connectivity index (χ0v) is 14.0. The molecule has 0 saturated heterocycles. The Labute approximate surface area is 134 Å². The maximum Gasteiger partial charge on any atom is 0.305 e. The van der Waals surface area contributed by atoms with Gasteiger partial charge in [0.15, 0.2) is 0 Å². The van der Waals surface area contributed by atoms with Gasteiger partial charge in [-0.1, -0.05) is 0 Å². The van der Waals surface area contributed by atoms with Crippen LogP contribution in [0.15, 0.2) is 35.4 Å². The van der Waals surface area contributed by atoms with Crippen LogP contribution in [0.3, 0.4) is 0 Å². The van der Waals surface area contributed by atoms with Gasteiger partial charge in [-0.3, -0.25) is 4.79 Å². The lowest BCUT2D eigenvalue weighted by Gasteiger charge is -2.22. The van der Waals surface area contributed by atoms with Crippen LogP contribution in [0.25, 0.3) is 10.9 Å². The highest BCUT2D eigenvalue weighted by molar-refractivity contribution is 7.89. The van der Waals surface area contributed by atoms with Crippen molar-refractivity contribution in [2.24, 2.45) is 7.05 Å². The van der Waals surface area contributed by atoms with Crippen LogP contribution >= 0.6 is 0 Å². The molecule has 1 heterocycles. The van der Waals surface area contributed by atoms with Crippen molar-refractivity contribution < 1.29 is 23.1 Å². The lowest BCUT2D eigenvalue weighted by atomic mass is 10.1. The van der Waals surface area contributed by atoms with Gasteiger partial charge in [-0.05, 0) is 31.2 Å². The normalized spacial score (nSPS) is 14.7. The van der Waals surface area contributed by atoms with E-state index in [4.69, 9.17) is 9.84 Å². The van der Waals surface area contributed by atoms with Crippen LogP contribution in [0.4, 0.5) is 0 Å². The number of aryl methyl sites for hydroxylation is 1. The summed E-state index contributed by atoms with van der Waals surface area (Å²) in [6.45, 7) is 1.62. The minimum atomic E-state index is -3.85. The zero-order chi connectivity index (χ0) is 17.2. The van der Waals surface area contributed by atoms with Gasteiger partial charge in [0, 0.05) is 31.3 Å². The van der Waals surface area contributed by atoms with Crippen molar-refractivity contribution >= 4 is 26.9 Å². The standard InChI is InChI=1S/C15H20N2O5S/c1-10(22-3)13(9-15(18)19)16-23(20,21)12-4-5-14-11(8-12)6-7-17(14)2/h4-8,10,13,16H,9H2,1-3H3,(H,18,19)/t10-,13-/m1/s1. The Morgan fingerprint density at radius 3 is 2.70 bits per heavy atom. The first kappa shape index (κ1) is 17.5. The fourth-order valence-electron chi connectivity index (χ4n) is 2.35. The second-order valence-corrected chi connectivity index (χ2v) is 7.13. The summed E-state index contributed by atoms with van der Waals surface area (Å²) in [6, 6.07) is 5.75. The van der Waals surface area contributed by atoms with E-state index < -0.39 is 28.1 Å². The molecule has 1 aromatic heterocycles. The molecular weight excluding hydrogens is 320 g/mol. The fourth-order valence-corrected chi connectivity index (χ4v) is 3.69. The summed E-state index contributed by atoms with van der Waals surface area (Å²) in [5.41, 5.74) is 0.913. The minimum absolute atomic E-state index is 0.0925. The van der Waals surface area contributed by atoms with E-state index in [1.165, 1.54) is 13.2 Å². The van der Waals surface area contributed by atoms with E-state index in [0.29, 0.717) is 0 Å². The Kier molecular flexibility index (Phi) is 5.08. The van der Waals surface area contributed by atoms with Gasteiger partial charge in [0.05, 0.1) is 23.5 Å². The third-order valence-electron chi connectivity index (χ3n) is 3.81. The monoisotopic (exact) mass is 340 g/mol. The van der Waals surface area contributed by atoms with Gasteiger partial charge < -0.3 is 14.4 Å². The number of aromatic nitrogens is 1. The number of fused-ring (bicyclic) bond motifs is 1. The molecule has 0 radical (unpaired) electrons. The Morgan fingerprint density at radius 1 is 1.39 bits per heavy atom. The Bertz CT molecular complexity index is 812. The molecule has 126 valence electrons. The molecule has 8 heteroatoms. The molecule has 0 bridgehead atoms. The summed E-state index contributed by atoms with van der Waals surface area (Å²) in [7, 11) is -0.566. The maximum atomic E-state index is 12.5. The van der Waals surface area contributed by atoms with E-state index >= 15 is 0 Å². The maximum absolute atomic E-state index is 12.5. The molecule has 0 aliphatic carbocycles. The lowest BCUT2D eigenvalue weighted by Crippen LogP contribution is -2.44. The summed E-state index contributed by atoms with van der Waals surface area (Å²) in [4.78, 5) is 11.0. The number of methoxy groups -OCH3 is 1. The molecule has 0 fully saturated rings. The summed E-state index contributed by atoms with van der Waals surface area (Å²) in [5.74, 6) is -1.10. The highest BCUT2D eigenvalue weighted by Gasteiger charge is 2.27. The number of carboxylic acid groups (broad SMARTS) is 1. The molecule has 0 spiro atoms. The van der Waals surface area contributed by atoms with Crippen molar-refractivity contribution in [3.05, 3.63) is 30.5 Å². The first-order valence-corrected chi connectivity index (χ1v) is 8.55. The van der Waals surface area contributed by atoms with Crippen molar-refractivity contribution in [1.82, 2.24) is 9.29 Å². The van der Waals surface area contributed by atoms with Gasteiger partial charge in [-0.15, -0.1) is 0 Å². The molecule has 23 heavy (non-hydrogen) atoms. The van der Waals surface area contributed by atoms with Crippen LogP contribution in [0.5, 0.6) is 0 Å². The highest BCUT2D eigenvalue weighted by Crippen LogP contribution is 2.20. The molecule has 0 amide bonds. The third kappa shape index (κ3) is 3.90. The van der Waals surface area contributed by atoms with E-state index in [2.05, 4.69) is 4.72 Å². The molecule has 0 unspecified atom stereocenters. The van der Waals surface area contributed by atoms with E-state index in [-0.39, 0.29) is 11.3 Å². The van der Waals surface area contributed by atoms with Crippen molar-refractivity contribution in [3.8, 4) is 0 Å². The average molecular weight is 340 g/mol. The van der Waals surface area contributed by atoms with Gasteiger partial charge in [-0.2, -0.15) is 0 Å². The van der Waals surface area contributed by atoms with Crippen LogP contribution < -0.4 is 4.72 Å². The summed E-state index contributed by atoms with van der Waals surface area (Å²) in [6.07, 6.45) is 0.914. The van der Waals surface area contributed by atoms with Crippen LogP contribution in [-0.4, -0.2) is 43.3 Å². The number of ether oxygens (including phenoxy) is 1. The second kappa shape index (κ2) is 6.69. The van der Waals surface area contributed by atoms with Crippen LogP contribution in [0.1, 0.15) is 13.3 Å². The molecule has 2 aromatic rings. The predicted molar refractivity (Wildman–Crippen MR) is 85.8 cm³/mol. The number of hydrogen-bond acceptors (Lipinski definition) is 4. The molecule has 2 N–H and O–H groups in total. The molecule has 1 aromatic carbocycles. The topological polar surface area (TPSA) is 97.6 Å². The summed E-state index contributed by atoms with van der Waals surface area (Å²) in [5, 5.41) is 9.74. The fraction of sp³-hybridized carbons (Fsp3) is 0.400. The molecule has 0 aliphatic rings. The molecule has 7 nitrogen and oxygen atoms in total. The SMILES string of the molecule is CO[C@H](C)[C@@H](CC(=O)O)NS(=O)(=O)c1ccc2c(ccn2C)c1. The number of nitrogens with zero attached hydrogens (tertiary/aromatic N) is 1. The summed E-state index contributed by atoms with van der Waals surface area (Å²) < 4.78 is 34.4. The van der Waals surface area contributed by atoms with Crippen LogP contribution in [0.2, 0.25) is 0 Å². The first-order chi connectivity index (χ1) is 10.7. The van der Waals surface area contributed by atoms with Crippen LogP contribution in [-0.2, 0) is 26.6 Å². The first-order valence-electron chi connectivity index (χ1n) is 7.06. The average Bonchev–Trinajstić information content (AvgIpc) is 2.86. The van der Waals surface area contributed by atoms with Crippen molar-refractivity contribution in [2.45, 2.75) is 30.4 Å². The molecule has 2 atom stereocenters. The van der Waals surface area contributed by atoms with Crippen molar-refractivity contribution in [3.63, 3.8) is 0 Å². The quantitative estimate of drug-likeness (QED) is 0.792.